The molecule has 16 heavy (non-hydrogen) atoms. The van der Waals surface area contributed by atoms with Gasteiger partial charge in [-0.05, 0) is 38.4 Å². The van der Waals surface area contributed by atoms with Gasteiger partial charge in [0.2, 0.25) is 0 Å². The fraction of sp³-hybridized carbons (Fsp3) is 0.500. The van der Waals surface area contributed by atoms with Crippen LogP contribution in [0.4, 0.5) is 0 Å². The van der Waals surface area contributed by atoms with Gasteiger partial charge in [0.25, 0.3) is 5.91 Å². The number of piperidine rings is 1. The van der Waals surface area contributed by atoms with Gasteiger partial charge in [0, 0.05) is 24.5 Å². The number of nitrogens with zero attached hydrogens (tertiary/aromatic N) is 1. The summed E-state index contributed by atoms with van der Waals surface area (Å²) in [5.74, 6) is -0.0211. The maximum atomic E-state index is 11.8. The Labute approximate surface area is 95.5 Å². The fourth-order valence-electron chi connectivity index (χ4n) is 2.03. The van der Waals surface area contributed by atoms with E-state index in [9.17, 15) is 4.79 Å². The zero-order valence-corrected chi connectivity index (χ0v) is 9.44. The summed E-state index contributed by atoms with van der Waals surface area (Å²) < 4.78 is 0. The molecule has 0 spiro atoms. The van der Waals surface area contributed by atoms with Crippen LogP contribution < -0.4 is 10.6 Å². The predicted molar refractivity (Wildman–Crippen MR) is 62.2 cm³/mol. The molecule has 4 heteroatoms. The lowest BCUT2D eigenvalue weighted by Gasteiger charge is -2.28. The smallest absolute Gasteiger partial charge is 0.253 e. The number of carbonyl (C=O) groups is 1. The van der Waals surface area contributed by atoms with Crippen molar-refractivity contribution in [3.8, 4) is 0 Å². The molecule has 1 aromatic rings. The normalized spacial score (nSPS) is 25.1. The summed E-state index contributed by atoms with van der Waals surface area (Å²) in [5, 5.41) is 6.41. The highest BCUT2D eigenvalue weighted by Gasteiger charge is 2.20. The molecule has 2 atom stereocenters. The van der Waals surface area contributed by atoms with E-state index in [0.29, 0.717) is 11.6 Å². The van der Waals surface area contributed by atoms with Gasteiger partial charge in [0.15, 0.2) is 0 Å². The zero-order valence-electron chi connectivity index (χ0n) is 9.44. The minimum atomic E-state index is -0.0211. The van der Waals surface area contributed by atoms with Crippen LogP contribution in [-0.2, 0) is 0 Å². The Morgan fingerprint density at radius 2 is 2.50 bits per heavy atom. The Kier molecular flexibility index (Phi) is 3.51. The Bertz CT molecular complexity index is 353. The summed E-state index contributed by atoms with van der Waals surface area (Å²) in [5.41, 5.74) is 0.633. The van der Waals surface area contributed by atoms with Crippen LogP contribution in [0.15, 0.2) is 24.5 Å². The number of pyridine rings is 1. The summed E-state index contributed by atoms with van der Waals surface area (Å²) in [7, 11) is 0. The van der Waals surface area contributed by atoms with Crippen molar-refractivity contribution < 1.29 is 4.79 Å². The Morgan fingerprint density at radius 1 is 1.62 bits per heavy atom. The highest BCUT2D eigenvalue weighted by molar-refractivity contribution is 5.93. The number of amides is 1. The minimum Gasteiger partial charge on any atom is -0.349 e. The largest absolute Gasteiger partial charge is 0.349 e. The van der Waals surface area contributed by atoms with Gasteiger partial charge in [0.05, 0.1) is 5.56 Å². The van der Waals surface area contributed by atoms with E-state index in [-0.39, 0.29) is 11.9 Å². The molecule has 0 saturated carbocycles. The first kappa shape index (κ1) is 11.1. The molecule has 0 radical (unpaired) electrons. The summed E-state index contributed by atoms with van der Waals surface area (Å²) >= 11 is 0. The summed E-state index contributed by atoms with van der Waals surface area (Å²) in [6.45, 7) is 3.11. The molecule has 1 aliphatic rings. The topological polar surface area (TPSA) is 54.0 Å². The maximum absolute atomic E-state index is 11.8. The Balaban J connectivity index is 1.92. The molecule has 0 aromatic carbocycles. The second-order valence-corrected chi connectivity index (χ2v) is 4.29. The number of nitrogens with one attached hydrogen (secondary N) is 2. The quantitative estimate of drug-likeness (QED) is 0.778. The Hall–Kier alpha value is -1.42. The number of hydrogen-bond acceptors (Lipinski definition) is 3. The summed E-state index contributed by atoms with van der Waals surface area (Å²) in [6.07, 6.45) is 5.26. The van der Waals surface area contributed by atoms with Crippen LogP contribution in [0.5, 0.6) is 0 Å². The zero-order chi connectivity index (χ0) is 11.4. The molecule has 86 valence electrons. The molecule has 1 aromatic heterocycles. The van der Waals surface area contributed by atoms with E-state index >= 15 is 0 Å². The molecule has 0 bridgehead atoms. The standard InChI is InChI=1S/C12H17N3O/c1-9-7-11(4-6-14-9)15-12(16)10-3-2-5-13-8-10/h2-3,5,8-9,11,14H,4,6-7H2,1H3,(H,15,16). The molecule has 4 nitrogen and oxygen atoms in total. The van der Waals surface area contributed by atoms with Crippen LogP contribution >= 0.6 is 0 Å². The van der Waals surface area contributed by atoms with E-state index in [2.05, 4.69) is 22.5 Å². The third-order valence-electron chi connectivity index (χ3n) is 2.88. The maximum Gasteiger partial charge on any atom is 0.253 e. The van der Waals surface area contributed by atoms with Crippen molar-refractivity contribution in [3.63, 3.8) is 0 Å². The third-order valence-corrected chi connectivity index (χ3v) is 2.88. The third kappa shape index (κ3) is 2.79. The summed E-state index contributed by atoms with van der Waals surface area (Å²) in [6, 6.07) is 4.32. The van der Waals surface area contributed by atoms with Crippen LogP contribution in [0.2, 0.25) is 0 Å². The molecule has 1 saturated heterocycles. The highest BCUT2D eigenvalue weighted by atomic mass is 16.1. The average Bonchev–Trinajstić information content (AvgIpc) is 2.30. The molecule has 2 unspecified atom stereocenters. The van der Waals surface area contributed by atoms with Crippen molar-refractivity contribution in [2.45, 2.75) is 31.8 Å². The van der Waals surface area contributed by atoms with Crippen molar-refractivity contribution in [1.29, 1.82) is 0 Å². The van der Waals surface area contributed by atoms with Gasteiger partial charge in [-0.25, -0.2) is 0 Å². The van der Waals surface area contributed by atoms with Crippen LogP contribution in [0.1, 0.15) is 30.1 Å². The average molecular weight is 219 g/mol. The van der Waals surface area contributed by atoms with E-state index in [0.717, 1.165) is 19.4 Å². The molecule has 2 N–H and O–H groups in total. The molecule has 2 rings (SSSR count). The van der Waals surface area contributed by atoms with Crippen molar-refractivity contribution in [3.05, 3.63) is 30.1 Å². The van der Waals surface area contributed by atoms with Crippen molar-refractivity contribution >= 4 is 5.91 Å². The van der Waals surface area contributed by atoms with Crippen LogP contribution in [0.25, 0.3) is 0 Å². The van der Waals surface area contributed by atoms with Crippen LogP contribution in [0, 0.1) is 0 Å². The van der Waals surface area contributed by atoms with E-state index in [4.69, 9.17) is 0 Å². The molecule has 1 amide bonds. The van der Waals surface area contributed by atoms with Crippen molar-refractivity contribution in [2.24, 2.45) is 0 Å². The number of carbonyl (C=O) groups excluding carboxylic acids is 1. The first-order chi connectivity index (χ1) is 7.75. The molecule has 1 fully saturated rings. The fourth-order valence-corrected chi connectivity index (χ4v) is 2.03. The second-order valence-electron chi connectivity index (χ2n) is 4.29. The number of aromatic nitrogens is 1. The Morgan fingerprint density at radius 3 is 3.19 bits per heavy atom. The lowest BCUT2D eigenvalue weighted by atomic mass is 10.0. The van der Waals surface area contributed by atoms with Gasteiger partial charge in [-0.1, -0.05) is 0 Å². The second kappa shape index (κ2) is 5.07. The highest BCUT2D eigenvalue weighted by Crippen LogP contribution is 2.09. The van der Waals surface area contributed by atoms with E-state index < -0.39 is 0 Å². The SMILES string of the molecule is CC1CC(NC(=O)c2cccnc2)CCN1. The molecule has 1 aliphatic heterocycles. The minimum absolute atomic E-state index is 0.0211. The lowest BCUT2D eigenvalue weighted by Crippen LogP contribution is -2.46. The van der Waals surface area contributed by atoms with Gasteiger partial charge >= 0.3 is 0 Å². The van der Waals surface area contributed by atoms with E-state index in [1.165, 1.54) is 0 Å². The van der Waals surface area contributed by atoms with E-state index in [1.807, 2.05) is 0 Å². The van der Waals surface area contributed by atoms with Crippen LogP contribution in [-0.4, -0.2) is 29.5 Å². The van der Waals surface area contributed by atoms with Gasteiger partial charge in [-0.3, -0.25) is 9.78 Å². The summed E-state index contributed by atoms with van der Waals surface area (Å²) in [4.78, 5) is 15.8. The number of hydrogen-bond donors (Lipinski definition) is 2. The molecule has 2 heterocycles. The van der Waals surface area contributed by atoms with Gasteiger partial charge in [-0.2, -0.15) is 0 Å². The van der Waals surface area contributed by atoms with Gasteiger partial charge in [-0.15, -0.1) is 0 Å². The number of rotatable bonds is 2. The monoisotopic (exact) mass is 219 g/mol. The predicted octanol–water partition coefficient (Wildman–Crippen LogP) is 0.952. The lowest BCUT2D eigenvalue weighted by molar-refractivity contribution is 0.0925. The first-order valence-electron chi connectivity index (χ1n) is 5.70. The molecular formula is C12H17N3O. The van der Waals surface area contributed by atoms with E-state index in [1.54, 1.807) is 24.5 Å². The van der Waals surface area contributed by atoms with Crippen molar-refractivity contribution in [2.75, 3.05) is 6.54 Å². The first-order valence-corrected chi connectivity index (χ1v) is 5.70. The molecular weight excluding hydrogens is 202 g/mol. The van der Waals surface area contributed by atoms with Crippen LogP contribution in [0.3, 0.4) is 0 Å². The van der Waals surface area contributed by atoms with Gasteiger partial charge < -0.3 is 10.6 Å². The van der Waals surface area contributed by atoms with Gasteiger partial charge in [0.1, 0.15) is 0 Å². The molecule has 0 aliphatic carbocycles. The van der Waals surface area contributed by atoms with Crippen molar-refractivity contribution in [1.82, 2.24) is 15.6 Å².